The van der Waals surface area contributed by atoms with Crippen LogP contribution in [0.4, 0.5) is 0 Å². The maximum absolute atomic E-state index is 11.8. The zero-order chi connectivity index (χ0) is 10.7. The molecule has 0 unspecified atom stereocenters. The fourth-order valence-corrected chi connectivity index (χ4v) is 1.89. The first-order valence-corrected chi connectivity index (χ1v) is 6.25. The van der Waals surface area contributed by atoms with Crippen molar-refractivity contribution in [2.45, 2.75) is 13.0 Å². The van der Waals surface area contributed by atoms with Crippen LogP contribution >= 0.6 is 11.8 Å². The van der Waals surface area contributed by atoms with Gasteiger partial charge in [-0.05, 0) is 30.6 Å². The lowest BCUT2D eigenvalue weighted by molar-refractivity contribution is 0.585. The normalized spacial score (nSPS) is 11.0. The number of thioether (sulfide) groups is 1. The number of aromatic nitrogens is 3. The summed E-state index contributed by atoms with van der Waals surface area (Å²) in [4.78, 5) is 11.8. The van der Waals surface area contributed by atoms with Crippen molar-refractivity contribution in [3.05, 3.63) is 34.9 Å². The Morgan fingerprint density at radius 3 is 3.07 bits per heavy atom. The molecule has 2 aromatic heterocycles. The quantitative estimate of drug-likeness (QED) is 0.732. The van der Waals surface area contributed by atoms with E-state index in [1.807, 2.05) is 18.2 Å². The van der Waals surface area contributed by atoms with E-state index in [1.54, 1.807) is 22.4 Å². The summed E-state index contributed by atoms with van der Waals surface area (Å²) in [5, 5.41) is 4.24. The first-order valence-electron chi connectivity index (χ1n) is 4.86. The SMILES string of the molecule is CSCCCn1nc2ccccn2c1=O. The van der Waals surface area contributed by atoms with E-state index in [0.717, 1.165) is 12.2 Å². The molecule has 0 fully saturated rings. The predicted molar refractivity (Wildman–Crippen MR) is 62.5 cm³/mol. The van der Waals surface area contributed by atoms with Crippen LogP contribution in [0.15, 0.2) is 29.2 Å². The molecule has 80 valence electrons. The van der Waals surface area contributed by atoms with Crippen molar-refractivity contribution in [2.24, 2.45) is 0 Å². The highest BCUT2D eigenvalue weighted by atomic mass is 32.2. The average Bonchev–Trinajstić information content (AvgIpc) is 2.57. The lowest BCUT2D eigenvalue weighted by Gasteiger charge is -1.96. The third-order valence-corrected chi connectivity index (χ3v) is 2.90. The number of pyridine rings is 1. The molecular formula is C10H13N3OS. The van der Waals surface area contributed by atoms with Crippen LogP contribution in [0.2, 0.25) is 0 Å². The van der Waals surface area contributed by atoms with E-state index in [0.29, 0.717) is 12.2 Å². The van der Waals surface area contributed by atoms with Gasteiger partial charge in [0.15, 0.2) is 5.65 Å². The molecule has 5 heteroatoms. The second kappa shape index (κ2) is 4.53. The molecule has 0 aromatic carbocycles. The summed E-state index contributed by atoms with van der Waals surface area (Å²) < 4.78 is 3.10. The summed E-state index contributed by atoms with van der Waals surface area (Å²) in [5.41, 5.74) is 0.665. The van der Waals surface area contributed by atoms with E-state index < -0.39 is 0 Å². The molecule has 0 N–H and O–H groups in total. The van der Waals surface area contributed by atoms with Gasteiger partial charge in [0.25, 0.3) is 0 Å². The van der Waals surface area contributed by atoms with Crippen molar-refractivity contribution < 1.29 is 0 Å². The van der Waals surface area contributed by atoms with Gasteiger partial charge in [0, 0.05) is 12.7 Å². The predicted octanol–water partition coefficient (Wildman–Crippen LogP) is 1.25. The number of nitrogens with zero attached hydrogens (tertiary/aromatic N) is 3. The van der Waals surface area contributed by atoms with Gasteiger partial charge < -0.3 is 0 Å². The molecule has 0 aliphatic rings. The number of fused-ring (bicyclic) bond motifs is 1. The smallest absolute Gasteiger partial charge is 0.250 e. The second-order valence-corrected chi connectivity index (χ2v) is 4.27. The van der Waals surface area contributed by atoms with Gasteiger partial charge in [-0.3, -0.25) is 4.40 Å². The summed E-state index contributed by atoms with van der Waals surface area (Å²) in [6, 6.07) is 5.56. The maximum Gasteiger partial charge on any atom is 0.350 e. The van der Waals surface area contributed by atoms with Crippen LogP contribution in [0.3, 0.4) is 0 Å². The number of rotatable bonds is 4. The summed E-state index contributed by atoms with van der Waals surface area (Å²) in [6.45, 7) is 0.696. The molecular weight excluding hydrogens is 210 g/mol. The van der Waals surface area contributed by atoms with E-state index in [9.17, 15) is 4.79 Å². The molecule has 2 rings (SSSR count). The zero-order valence-electron chi connectivity index (χ0n) is 8.59. The van der Waals surface area contributed by atoms with Crippen molar-refractivity contribution in [3.8, 4) is 0 Å². The number of hydrogen-bond acceptors (Lipinski definition) is 3. The Morgan fingerprint density at radius 2 is 2.33 bits per heavy atom. The molecule has 2 aromatic rings. The van der Waals surface area contributed by atoms with Crippen LogP contribution in [0.25, 0.3) is 5.65 Å². The Bertz CT molecular complexity index is 503. The van der Waals surface area contributed by atoms with E-state index in [-0.39, 0.29) is 5.69 Å². The third kappa shape index (κ3) is 2.07. The summed E-state index contributed by atoms with van der Waals surface area (Å²) in [5.74, 6) is 1.06. The van der Waals surface area contributed by atoms with Crippen LogP contribution in [-0.2, 0) is 6.54 Å². The molecule has 2 heterocycles. The van der Waals surface area contributed by atoms with Gasteiger partial charge in [0.1, 0.15) is 0 Å². The van der Waals surface area contributed by atoms with Crippen molar-refractivity contribution >= 4 is 17.4 Å². The Kier molecular flexibility index (Phi) is 3.11. The summed E-state index contributed by atoms with van der Waals surface area (Å²) >= 11 is 1.78. The maximum atomic E-state index is 11.8. The minimum atomic E-state index is -0.0493. The van der Waals surface area contributed by atoms with Crippen LogP contribution < -0.4 is 5.69 Å². The monoisotopic (exact) mass is 223 g/mol. The molecule has 0 aliphatic heterocycles. The molecule has 0 saturated carbocycles. The lowest BCUT2D eigenvalue weighted by atomic mass is 10.5. The van der Waals surface area contributed by atoms with Gasteiger partial charge >= 0.3 is 5.69 Å². The molecule has 0 bridgehead atoms. The first-order chi connectivity index (χ1) is 7.33. The van der Waals surface area contributed by atoms with E-state index in [2.05, 4.69) is 11.4 Å². The Balaban J connectivity index is 2.28. The van der Waals surface area contributed by atoms with Gasteiger partial charge in [0.2, 0.25) is 0 Å². The van der Waals surface area contributed by atoms with E-state index in [4.69, 9.17) is 0 Å². The van der Waals surface area contributed by atoms with Crippen molar-refractivity contribution in [1.29, 1.82) is 0 Å². The number of hydrogen-bond donors (Lipinski definition) is 0. The fourth-order valence-electron chi connectivity index (χ4n) is 1.47. The van der Waals surface area contributed by atoms with Crippen molar-refractivity contribution in [2.75, 3.05) is 12.0 Å². The Hall–Kier alpha value is -1.23. The third-order valence-electron chi connectivity index (χ3n) is 2.21. The standard InChI is InChI=1S/C10H13N3OS/c1-15-8-4-7-13-10(14)12-6-3-2-5-9(12)11-13/h2-3,5-6H,4,7-8H2,1H3. The molecule has 0 radical (unpaired) electrons. The molecule has 15 heavy (non-hydrogen) atoms. The first kappa shape index (κ1) is 10.3. The zero-order valence-corrected chi connectivity index (χ0v) is 9.41. The van der Waals surface area contributed by atoms with Gasteiger partial charge in [0.05, 0.1) is 0 Å². The molecule has 0 amide bonds. The fraction of sp³-hybridized carbons (Fsp3) is 0.400. The van der Waals surface area contributed by atoms with Crippen LogP contribution in [0.5, 0.6) is 0 Å². The second-order valence-electron chi connectivity index (χ2n) is 3.28. The highest BCUT2D eigenvalue weighted by molar-refractivity contribution is 7.98. The summed E-state index contributed by atoms with van der Waals surface area (Å²) in [6.07, 6.45) is 4.78. The van der Waals surface area contributed by atoms with Gasteiger partial charge in [-0.25, -0.2) is 9.48 Å². The van der Waals surface area contributed by atoms with Crippen LogP contribution in [0.1, 0.15) is 6.42 Å². The minimum absolute atomic E-state index is 0.0493. The van der Waals surface area contributed by atoms with Crippen LogP contribution in [0, 0.1) is 0 Å². The van der Waals surface area contributed by atoms with Gasteiger partial charge in [-0.1, -0.05) is 6.07 Å². The van der Waals surface area contributed by atoms with Crippen molar-refractivity contribution in [1.82, 2.24) is 14.2 Å². The molecule has 4 nitrogen and oxygen atoms in total. The highest BCUT2D eigenvalue weighted by Gasteiger charge is 2.04. The largest absolute Gasteiger partial charge is 0.350 e. The number of aryl methyl sites for hydroxylation is 1. The summed E-state index contributed by atoms with van der Waals surface area (Å²) in [7, 11) is 0. The molecule has 0 spiro atoms. The minimum Gasteiger partial charge on any atom is -0.250 e. The van der Waals surface area contributed by atoms with Crippen LogP contribution in [-0.4, -0.2) is 26.2 Å². The topological polar surface area (TPSA) is 39.3 Å². The van der Waals surface area contributed by atoms with E-state index in [1.165, 1.54) is 4.68 Å². The molecule has 0 atom stereocenters. The Labute approximate surface area is 91.9 Å². The average molecular weight is 223 g/mol. The molecule has 0 aliphatic carbocycles. The lowest BCUT2D eigenvalue weighted by Crippen LogP contribution is -2.21. The van der Waals surface area contributed by atoms with Gasteiger partial charge in [-0.2, -0.15) is 11.8 Å². The molecule has 0 saturated heterocycles. The van der Waals surface area contributed by atoms with E-state index >= 15 is 0 Å². The van der Waals surface area contributed by atoms with Gasteiger partial charge in [-0.15, -0.1) is 5.10 Å². The van der Waals surface area contributed by atoms with Crippen molar-refractivity contribution in [3.63, 3.8) is 0 Å². The highest BCUT2D eigenvalue weighted by Crippen LogP contribution is 1.99. The Morgan fingerprint density at radius 1 is 1.47 bits per heavy atom.